The van der Waals surface area contributed by atoms with E-state index in [1.807, 2.05) is 42.6 Å². The van der Waals surface area contributed by atoms with Crippen molar-refractivity contribution in [3.05, 3.63) is 60.2 Å². The van der Waals surface area contributed by atoms with Gasteiger partial charge in [-0.15, -0.1) is 5.10 Å². The normalized spacial score (nSPS) is 19.6. The van der Waals surface area contributed by atoms with E-state index in [1.165, 1.54) is 0 Å². The van der Waals surface area contributed by atoms with Crippen molar-refractivity contribution in [2.75, 3.05) is 0 Å². The molecule has 0 radical (unpaired) electrons. The van der Waals surface area contributed by atoms with Crippen LogP contribution in [-0.2, 0) is 16.1 Å². The summed E-state index contributed by atoms with van der Waals surface area (Å²) < 4.78 is 7.21. The molecule has 0 saturated heterocycles. The summed E-state index contributed by atoms with van der Waals surface area (Å²) in [5, 5.41) is 9.78. The topological polar surface area (TPSA) is 85.2 Å². The van der Waals surface area contributed by atoms with Crippen LogP contribution in [0.25, 0.3) is 16.6 Å². The number of nitrogens with zero attached hydrogens (tertiary/aromatic N) is 4. The molecule has 1 aliphatic carbocycles. The Morgan fingerprint density at radius 3 is 2.79 bits per heavy atom. The second-order valence-corrected chi connectivity index (χ2v) is 7.82. The maximum atomic E-state index is 12.2. The molecule has 148 valence electrons. The predicted octanol–water partition coefficient (Wildman–Crippen LogP) is 4.01. The molecule has 3 heterocycles. The summed E-state index contributed by atoms with van der Waals surface area (Å²) in [6, 6.07) is 11.8. The molecule has 3 aromatic heterocycles. The average molecular weight is 389 g/mol. The van der Waals surface area contributed by atoms with Crippen molar-refractivity contribution in [3.8, 4) is 0 Å². The number of H-pyrrole nitrogens is 1. The van der Waals surface area contributed by atoms with Crippen LogP contribution in [0, 0.1) is 5.92 Å². The molecule has 1 fully saturated rings. The third kappa shape index (κ3) is 3.60. The predicted molar refractivity (Wildman–Crippen MR) is 108 cm³/mol. The molecule has 7 nitrogen and oxygen atoms in total. The summed E-state index contributed by atoms with van der Waals surface area (Å²) in [5.41, 5.74) is 3.97. The summed E-state index contributed by atoms with van der Waals surface area (Å²) in [7, 11) is 0. The van der Waals surface area contributed by atoms with Crippen molar-refractivity contribution in [1.82, 2.24) is 24.8 Å². The molecule has 0 spiro atoms. The van der Waals surface area contributed by atoms with E-state index in [0.717, 1.165) is 53.5 Å². The second kappa shape index (κ2) is 7.66. The Morgan fingerprint density at radius 2 is 1.97 bits per heavy atom. The fourth-order valence-corrected chi connectivity index (χ4v) is 4.37. The van der Waals surface area contributed by atoms with Crippen LogP contribution in [0.4, 0.5) is 0 Å². The zero-order valence-corrected chi connectivity index (χ0v) is 16.1. The molecule has 0 atom stereocenters. The van der Waals surface area contributed by atoms with E-state index in [-0.39, 0.29) is 5.97 Å². The van der Waals surface area contributed by atoms with Crippen molar-refractivity contribution >= 4 is 22.5 Å². The third-order valence-electron chi connectivity index (χ3n) is 5.93. The quantitative estimate of drug-likeness (QED) is 0.521. The highest BCUT2D eigenvalue weighted by molar-refractivity contribution is 5.92. The second-order valence-electron chi connectivity index (χ2n) is 7.82. The van der Waals surface area contributed by atoms with Crippen LogP contribution in [0.2, 0.25) is 0 Å². The molecule has 29 heavy (non-hydrogen) atoms. The van der Waals surface area contributed by atoms with Crippen LogP contribution in [0.3, 0.4) is 0 Å². The molecular formula is C22H23N5O2. The van der Waals surface area contributed by atoms with Crippen molar-refractivity contribution in [1.29, 1.82) is 0 Å². The SMILES string of the molecule is O=C(CC1CCC(c2nnn3cnc4[nH]ccc4c23)CC1)OCc1ccccc1. The lowest BCUT2D eigenvalue weighted by Crippen LogP contribution is -2.18. The van der Waals surface area contributed by atoms with E-state index in [9.17, 15) is 4.79 Å². The third-order valence-corrected chi connectivity index (χ3v) is 5.93. The molecule has 0 amide bonds. The van der Waals surface area contributed by atoms with Crippen LogP contribution in [0.15, 0.2) is 48.9 Å². The fraction of sp³-hybridized carbons (Fsp3) is 0.364. The molecule has 0 bridgehead atoms. The molecule has 7 heteroatoms. The monoisotopic (exact) mass is 389 g/mol. The minimum atomic E-state index is -0.105. The Balaban J connectivity index is 1.20. The summed E-state index contributed by atoms with van der Waals surface area (Å²) >= 11 is 0. The van der Waals surface area contributed by atoms with Gasteiger partial charge in [0.1, 0.15) is 24.1 Å². The number of benzene rings is 1. The molecule has 1 N–H and O–H groups in total. The van der Waals surface area contributed by atoms with Crippen LogP contribution in [-0.4, -0.2) is 30.8 Å². The zero-order valence-electron chi connectivity index (χ0n) is 16.1. The van der Waals surface area contributed by atoms with E-state index >= 15 is 0 Å². The summed E-state index contributed by atoms with van der Waals surface area (Å²) in [6.07, 6.45) is 8.13. The number of carbonyl (C=O) groups excluding carboxylic acids is 1. The number of rotatable bonds is 5. The van der Waals surface area contributed by atoms with Crippen LogP contribution in [0.1, 0.15) is 49.3 Å². The molecule has 0 unspecified atom stereocenters. The molecule has 1 aliphatic rings. The highest BCUT2D eigenvalue weighted by atomic mass is 16.5. The Labute approximate surface area is 168 Å². The average Bonchev–Trinajstić information content (AvgIpc) is 3.40. The zero-order chi connectivity index (χ0) is 19.6. The van der Waals surface area contributed by atoms with Gasteiger partial charge in [-0.3, -0.25) is 4.79 Å². The van der Waals surface area contributed by atoms with Gasteiger partial charge in [0.2, 0.25) is 0 Å². The first-order valence-corrected chi connectivity index (χ1v) is 10.1. The number of ether oxygens (including phenoxy) is 1. The van der Waals surface area contributed by atoms with E-state index in [4.69, 9.17) is 4.74 Å². The largest absolute Gasteiger partial charge is 0.461 e. The Morgan fingerprint density at radius 1 is 1.14 bits per heavy atom. The van der Waals surface area contributed by atoms with Crippen molar-refractivity contribution < 1.29 is 9.53 Å². The van der Waals surface area contributed by atoms with Gasteiger partial charge in [0, 0.05) is 23.9 Å². The number of aromatic nitrogens is 5. The minimum Gasteiger partial charge on any atom is -0.461 e. The smallest absolute Gasteiger partial charge is 0.306 e. The highest BCUT2D eigenvalue weighted by Crippen LogP contribution is 2.38. The first-order chi connectivity index (χ1) is 14.3. The molecule has 5 rings (SSSR count). The molecular weight excluding hydrogens is 366 g/mol. The maximum absolute atomic E-state index is 12.2. The Bertz CT molecular complexity index is 1130. The summed E-state index contributed by atoms with van der Waals surface area (Å²) in [5.74, 6) is 0.640. The first kappa shape index (κ1) is 17.8. The van der Waals surface area contributed by atoms with Gasteiger partial charge < -0.3 is 9.72 Å². The summed E-state index contributed by atoms with van der Waals surface area (Å²) in [6.45, 7) is 0.349. The van der Waals surface area contributed by atoms with Gasteiger partial charge in [0.15, 0.2) is 0 Å². The van der Waals surface area contributed by atoms with E-state index < -0.39 is 0 Å². The van der Waals surface area contributed by atoms with Gasteiger partial charge in [-0.1, -0.05) is 35.5 Å². The minimum absolute atomic E-state index is 0.105. The fourth-order valence-electron chi connectivity index (χ4n) is 4.37. The van der Waals surface area contributed by atoms with Crippen LogP contribution < -0.4 is 0 Å². The van der Waals surface area contributed by atoms with Crippen LogP contribution >= 0.6 is 0 Å². The number of nitrogens with one attached hydrogen (secondary N) is 1. The lowest BCUT2D eigenvalue weighted by atomic mass is 9.79. The first-order valence-electron chi connectivity index (χ1n) is 10.1. The lowest BCUT2D eigenvalue weighted by Gasteiger charge is -2.27. The van der Waals surface area contributed by atoms with Gasteiger partial charge in [0.25, 0.3) is 0 Å². The van der Waals surface area contributed by atoms with E-state index in [2.05, 4.69) is 20.3 Å². The van der Waals surface area contributed by atoms with Crippen molar-refractivity contribution in [2.45, 2.75) is 44.6 Å². The number of fused-ring (bicyclic) bond motifs is 3. The van der Waals surface area contributed by atoms with Gasteiger partial charge in [-0.05, 0) is 43.2 Å². The molecule has 4 aromatic rings. The van der Waals surface area contributed by atoms with Gasteiger partial charge >= 0.3 is 5.97 Å². The summed E-state index contributed by atoms with van der Waals surface area (Å²) in [4.78, 5) is 19.7. The molecule has 1 saturated carbocycles. The Kier molecular flexibility index (Phi) is 4.71. The van der Waals surface area contributed by atoms with E-state index in [1.54, 1.807) is 10.8 Å². The number of hydrogen-bond acceptors (Lipinski definition) is 5. The molecule has 0 aliphatic heterocycles. The Hall–Kier alpha value is -3.22. The highest BCUT2D eigenvalue weighted by Gasteiger charge is 2.28. The number of carbonyl (C=O) groups is 1. The maximum Gasteiger partial charge on any atom is 0.306 e. The van der Waals surface area contributed by atoms with Crippen LogP contribution in [0.5, 0.6) is 0 Å². The number of esters is 1. The standard InChI is InChI=1S/C22H23N5O2/c28-19(29-13-16-4-2-1-3-5-16)12-15-6-8-17(9-7-15)20-21-18-10-11-23-22(18)24-14-27(21)26-25-20/h1-5,10-11,14-15,17,23H,6-9,12-13H2. The van der Waals surface area contributed by atoms with Crippen molar-refractivity contribution in [3.63, 3.8) is 0 Å². The van der Waals surface area contributed by atoms with Gasteiger partial charge in [-0.2, -0.15) is 0 Å². The number of aromatic amines is 1. The number of hydrogen-bond donors (Lipinski definition) is 1. The van der Waals surface area contributed by atoms with Crippen molar-refractivity contribution in [2.24, 2.45) is 5.92 Å². The van der Waals surface area contributed by atoms with Gasteiger partial charge in [-0.25, -0.2) is 9.50 Å². The molecule has 1 aromatic carbocycles. The lowest BCUT2D eigenvalue weighted by molar-refractivity contribution is -0.146. The van der Waals surface area contributed by atoms with Gasteiger partial charge in [0.05, 0.1) is 5.69 Å². The van der Waals surface area contributed by atoms with E-state index in [0.29, 0.717) is 24.9 Å².